The second kappa shape index (κ2) is 12.4. The molecule has 2 unspecified atom stereocenters. The molecule has 0 fully saturated rings. The molecule has 0 aliphatic heterocycles. The number of hydrogen-bond donors (Lipinski definition) is 3. The lowest BCUT2D eigenvalue weighted by Gasteiger charge is -2.15. The van der Waals surface area contributed by atoms with Crippen LogP contribution >= 0.6 is 0 Å². The highest BCUT2D eigenvalue weighted by Gasteiger charge is 2.16. The van der Waals surface area contributed by atoms with Crippen LogP contribution < -0.4 is 0 Å². The Morgan fingerprint density at radius 1 is 1.00 bits per heavy atom. The van der Waals surface area contributed by atoms with E-state index in [2.05, 4.69) is 6.92 Å². The molecular formula is C14H28O5. The number of esters is 1. The molecular weight excluding hydrogens is 248 g/mol. The number of carbonyl (C=O) groups is 1. The van der Waals surface area contributed by atoms with Gasteiger partial charge in [0.2, 0.25) is 0 Å². The summed E-state index contributed by atoms with van der Waals surface area (Å²) in [5.74, 6) is -0.363. The van der Waals surface area contributed by atoms with E-state index in [-0.39, 0.29) is 12.6 Å². The molecule has 0 bridgehead atoms. The zero-order valence-corrected chi connectivity index (χ0v) is 11.9. The van der Waals surface area contributed by atoms with Gasteiger partial charge in [-0.15, -0.1) is 0 Å². The molecule has 0 saturated heterocycles. The Labute approximate surface area is 115 Å². The number of rotatable bonds is 12. The zero-order valence-electron chi connectivity index (χ0n) is 11.9. The van der Waals surface area contributed by atoms with Crippen molar-refractivity contribution < 1.29 is 24.9 Å². The van der Waals surface area contributed by atoms with Crippen molar-refractivity contribution in [2.24, 2.45) is 0 Å². The molecule has 3 N–H and O–H groups in total. The van der Waals surface area contributed by atoms with Crippen LogP contribution in [0.2, 0.25) is 0 Å². The highest BCUT2D eigenvalue weighted by Crippen LogP contribution is 2.09. The Bertz CT molecular complexity index is 220. The van der Waals surface area contributed by atoms with Crippen LogP contribution in [0.1, 0.15) is 58.3 Å². The van der Waals surface area contributed by atoms with E-state index < -0.39 is 18.8 Å². The van der Waals surface area contributed by atoms with Crippen molar-refractivity contribution in [2.75, 3.05) is 13.2 Å². The van der Waals surface area contributed by atoms with Crippen LogP contribution in [0.5, 0.6) is 0 Å². The average molecular weight is 276 g/mol. The number of carbonyl (C=O) groups excluding carboxylic acids is 1. The summed E-state index contributed by atoms with van der Waals surface area (Å²) in [6, 6.07) is 0. The molecule has 2 atom stereocenters. The normalized spacial score (nSPS) is 14.1. The van der Waals surface area contributed by atoms with Gasteiger partial charge in [0, 0.05) is 6.42 Å². The van der Waals surface area contributed by atoms with E-state index in [1.807, 2.05) is 0 Å². The molecule has 0 aromatic carbocycles. The van der Waals surface area contributed by atoms with Crippen molar-refractivity contribution in [3.05, 3.63) is 0 Å². The van der Waals surface area contributed by atoms with E-state index in [0.717, 1.165) is 19.3 Å². The molecule has 5 nitrogen and oxygen atoms in total. The molecule has 114 valence electrons. The lowest BCUT2D eigenvalue weighted by molar-refractivity contribution is -0.149. The molecule has 0 aliphatic rings. The van der Waals surface area contributed by atoms with Crippen LogP contribution in [0.25, 0.3) is 0 Å². The van der Waals surface area contributed by atoms with Gasteiger partial charge >= 0.3 is 5.97 Å². The summed E-state index contributed by atoms with van der Waals surface area (Å²) >= 11 is 0. The van der Waals surface area contributed by atoms with Gasteiger partial charge in [0.15, 0.2) is 0 Å². The van der Waals surface area contributed by atoms with E-state index in [9.17, 15) is 9.90 Å². The maximum Gasteiger partial charge on any atom is 0.305 e. The lowest BCUT2D eigenvalue weighted by Crippen LogP contribution is -2.34. The van der Waals surface area contributed by atoms with Gasteiger partial charge in [0.25, 0.3) is 0 Å². The predicted molar refractivity (Wildman–Crippen MR) is 72.7 cm³/mol. The highest BCUT2D eigenvalue weighted by atomic mass is 16.5. The minimum atomic E-state index is -1.26. The standard InChI is InChI=1S/C14H28O5/c1-2-3-4-5-6-7-8-9-14(18)19-11-13(17)12(16)10-15/h12-13,15-17H,2-11H2,1H3. The van der Waals surface area contributed by atoms with Crippen LogP contribution in [0.3, 0.4) is 0 Å². The summed E-state index contributed by atoms with van der Waals surface area (Å²) in [5, 5.41) is 26.9. The third-order valence-electron chi connectivity index (χ3n) is 3.03. The van der Waals surface area contributed by atoms with Gasteiger partial charge in [0.05, 0.1) is 6.61 Å². The van der Waals surface area contributed by atoms with Gasteiger partial charge in [0.1, 0.15) is 18.8 Å². The molecule has 0 aromatic rings. The van der Waals surface area contributed by atoms with E-state index >= 15 is 0 Å². The van der Waals surface area contributed by atoms with Crippen molar-refractivity contribution in [1.82, 2.24) is 0 Å². The van der Waals surface area contributed by atoms with Crippen molar-refractivity contribution in [1.29, 1.82) is 0 Å². The monoisotopic (exact) mass is 276 g/mol. The van der Waals surface area contributed by atoms with Crippen LogP contribution in [-0.4, -0.2) is 46.7 Å². The fourth-order valence-corrected chi connectivity index (χ4v) is 1.71. The van der Waals surface area contributed by atoms with Crippen molar-refractivity contribution >= 4 is 5.97 Å². The summed E-state index contributed by atoms with van der Waals surface area (Å²) in [4.78, 5) is 11.3. The topological polar surface area (TPSA) is 87.0 Å². The molecule has 0 heterocycles. The zero-order chi connectivity index (χ0) is 14.5. The van der Waals surface area contributed by atoms with Gasteiger partial charge in [-0.05, 0) is 6.42 Å². The molecule has 0 amide bonds. The summed E-state index contributed by atoms with van der Waals surface area (Å²) in [6.45, 7) is 1.37. The Kier molecular flexibility index (Phi) is 12.0. The number of aliphatic hydroxyl groups excluding tert-OH is 3. The van der Waals surface area contributed by atoms with Crippen molar-refractivity contribution in [3.8, 4) is 0 Å². The first kappa shape index (κ1) is 18.4. The van der Waals surface area contributed by atoms with E-state index in [0.29, 0.717) is 6.42 Å². The number of hydrogen-bond acceptors (Lipinski definition) is 5. The van der Waals surface area contributed by atoms with Gasteiger partial charge < -0.3 is 20.1 Å². The highest BCUT2D eigenvalue weighted by molar-refractivity contribution is 5.69. The summed E-state index contributed by atoms with van der Waals surface area (Å²) < 4.78 is 4.81. The predicted octanol–water partition coefficient (Wildman–Crippen LogP) is 1.38. The minimum absolute atomic E-state index is 0.267. The molecule has 0 radical (unpaired) electrons. The van der Waals surface area contributed by atoms with E-state index in [1.165, 1.54) is 25.7 Å². The first-order chi connectivity index (χ1) is 9.11. The second-order valence-corrected chi connectivity index (χ2v) is 4.87. The molecule has 0 spiro atoms. The van der Waals surface area contributed by atoms with Gasteiger partial charge in [-0.25, -0.2) is 0 Å². The smallest absolute Gasteiger partial charge is 0.305 e. The van der Waals surface area contributed by atoms with Crippen molar-refractivity contribution in [2.45, 2.75) is 70.5 Å². The van der Waals surface area contributed by atoms with Crippen LogP contribution in [0.15, 0.2) is 0 Å². The number of unbranched alkanes of at least 4 members (excludes halogenated alkanes) is 6. The Hall–Kier alpha value is -0.650. The maximum atomic E-state index is 11.3. The minimum Gasteiger partial charge on any atom is -0.463 e. The third kappa shape index (κ3) is 10.9. The third-order valence-corrected chi connectivity index (χ3v) is 3.03. The quantitative estimate of drug-likeness (QED) is 0.370. The summed E-state index contributed by atoms with van der Waals surface area (Å²) in [5.41, 5.74) is 0. The van der Waals surface area contributed by atoms with Crippen LogP contribution in [0, 0.1) is 0 Å². The second-order valence-electron chi connectivity index (χ2n) is 4.87. The Morgan fingerprint density at radius 3 is 2.16 bits per heavy atom. The SMILES string of the molecule is CCCCCCCCCC(=O)OCC(O)C(O)CO. The van der Waals surface area contributed by atoms with E-state index in [4.69, 9.17) is 14.9 Å². The van der Waals surface area contributed by atoms with Gasteiger partial charge in [-0.3, -0.25) is 4.79 Å². The first-order valence-electron chi connectivity index (χ1n) is 7.24. The largest absolute Gasteiger partial charge is 0.463 e. The number of aliphatic hydroxyl groups is 3. The lowest BCUT2D eigenvalue weighted by atomic mass is 10.1. The van der Waals surface area contributed by atoms with Gasteiger partial charge in [-0.1, -0.05) is 45.4 Å². The molecule has 0 aromatic heterocycles. The van der Waals surface area contributed by atoms with Crippen LogP contribution in [-0.2, 0) is 9.53 Å². The Morgan fingerprint density at radius 2 is 1.58 bits per heavy atom. The molecule has 0 saturated carbocycles. The van der Waals surface area contributed by atoms with Crippen LogP contribution in [0.4, 0.5) is 0 Å². The molecule has 5 heteroatoms. The molecule has 0 rings (SSSR count). The maximum absolute atomic E-state index is 11.3. The van der Waals surface area contributed by atoms with Crippen molar-refractivity contribution in [3.63, 3.8) is 0 Å². The fraction of sp³-hybridized carbons (Fsp3) is 0.929. The first-order valence-corrected chi connectivity index (χ1v) is 7.24. The summed E-state index contributed by atoms with van der Waals surface area (Å²) in [7, 11) is 0. The Balaban J connectivity index is 3.39. The van der Waals surface area contributed by atoms with Gasteiger partial charge in [-0.2, -0.15) is 0 Å². The number of ether oxygens (including phenoxy) is 1. The summed E-state index contributed by atoms with van der Waals surface area (Å²) in [6.07, 6.45) is 5.78. The van der Waals surface area contributed by atoms with E-state index in [1.54, 1.807) is 0 Å². The fourth-order valence-electron chi connectivity index (χ4n) is 1.71. The average Bonchev–Trinajstić information content (AvgIpc) is 2.42. The molecule has 0 aliphatic carbocycles. The molecule has 19 heavy (non-hydrogen) atoms.